The molecule has 1 fully saturated rings. The van der Waals surface area contributed by atoms with E-state index in [2.05, 4.69) is 4.72 Å². The van der Waals surface area contributed by atoms with Crippen molar-refractivity contribution in [1.82, 2.24) is 4.72 Å². The van der Waals surface area contributed by atoms with Gasteiger partial charge in [-0.2, -0.15) is 0 Å². The molecule has 0 heterocycles. The summed E-state index contributed by atoms with van der Waals surface area (Å²) >= 11 is 0. The van der Waals surface area contributed by atoms with Crippen molar-refractivity contribution in [2.45, 2.75) is 36.7 Å². The number of ether oxygens (including phenoxy) is 2. The molecule has 3 N–H and O–H groups in total. The van der Waals surface area contributed by atoms with E-state index in [0.29, 0.717) is 5.69 Å². The smallest absolute Gasteiger partial charge is 0.244 e. The summed E-state index contributed by atoms with van der Waals surface area (Å²) in [5.41, 5.74) is 6.63. The number of hydrogen-bond donors (Lipinski definition) is 2. The third-order valence-electron chi connectivity index (χ3n) is 4.12. The van der Waals surface area contributed by atoms with E-state index in [4.69, 9.17) is 15.2 Å². The molecule has 0 unspecified atom stereocenters. The Hall–Kier alpha value is -1.31. The Kier molecular flexibility index (Phi) is 4.46. The van der Waals surface area contributed by atoms with Crippen molar-refractivity contribution in [1.29, 1.82) is 0 Å². The normalized spacial score (nSPS) is 17.3. The molecule has 6 nitrogen and oxygen atoms in total. The number of nitrogens with one attached hydrogen (secondary N) is 1. The van der Waals surface area contributed by atoms with Gasteiger partial charge < -0.3 is 15.2 Å². The minimum atomic E-state index is -3.70. The average Bonchev–Trinajstić information content (AvgIpc) is 2.40. The van der Waals surface area contributed by atoms with Crippen LogP contribution in [0.1, 0.15) is 24.8 Å². The van der Waals surface area contributed by atoms with Crippen LogP contribution in [0.2, 0.25) is 0 Å². The van der Waals surface area contributed by atoms with Crippen LogP contribution >= 0.6 is 0 Å². The van der Waals surface area contributed by atoms with Gasteiger partial charge in [-0.3, -0.25) is 0 Å². The standard InChI is InChI=1S/C14H22N2O4S/c1-10-7-12(19-2)13(8-11(10)15)21(17,18)16-9-14(20-3)5-4-6-14/h7-8,16H,4-6,9,15H2,1-3H3. The van der Waals surface area contributed by atoms with Crippen LogP contribution in [0.15, 0.2) is 17.0 Å². The number of methoxy groups -OCH3 is 2. The molecule has 0 radical (unpaired) electrons. The van der Waals surface area contributed by atoms with Crippen LogP contribution < -0.4 is 15.2 Å². The number of hydrogen-bond acceptors (Lipinski definition) is 5. The topological polar surface area (TPSA) is 90.7 Å². The van der Waals surface area contributed by atoms with Gasteiger partial charge in [-0.05, 0) is 43.9 Å². The maximum Gasteiger partial charge on any atom is 0.244 e. The van der Waals surface area contributed by atoms with Crippen LogP contribution in [-0.4, -0.2) is 34.8 Å². The maximum atomic E-state index is 12.5. The summed E-state index contributed by atoms with van der Waals surface area (Å²) in [7, 11) is -0.651. The van der Waals surface area contributed by atoms with Gasteiger partial charge in [-0.1, -0.05) is 0 Å². The Labute approximate surface area is 125 Å². The van der Waals surface area contributed by atoms with Crippen LogP contribution in [0.4, 0.5) is 5.69 Å². The van der Waals surface area contributed by atoms with Crippen molar-refractivity contribution < 1.29 is 17.9 Å². The highest BCUT2D eigenvalue weighted by Crippen LogP contribution is 2.35. The third-order valence-corrected chi connectivity index (χ3v) is 5.55. The molecular formula is C14H22N2O4S. The SMILES string of the molecule is COc1cc(C)c(N)cc1S(=O)(=O)NCC1(OC)CCC1. The first-order chi connectivity index (χ1) is 9.83. The van der Waals surface area contributed by atoms with E-state index < -0.39 is 10.0 Å². The molecule has 118 valence electrons. The first kappa shape index (κ1) is 16.1. The lowest BCUT2D eigenvalue weighted by Crippen LogP contribution is -2.49. The van der Waals surface area contributed by atoms with Crippen molar-refractivity contribution in [3.8, 4) is 5.75 Å². The number of sulfonamides is 1. The van der Waals surface area contributed by atoms with Gasteiger partial charge in [-0.25, -0.2) is 13.1 Å². The molecule has 0 atom stereocenters. The number of benzene rings is 1. The van der Waals surface area contributed by atoms with Crippen LogP contribution in [0.3, 0.4) is 0 Å². The zero-order valence-electron chi connectivity index (χ0n) is 12.6. The monoisotopic (exact) mass is 314 g/mol. The van der Waals surface area contributed by atoms with Crippen LogP contribution in [0, 0.1) is 6.92 Å². The van der Waals surface area contributed by atoms with Crippen molar-refractivity contribution in [2.75, 3.05) is 26.5 Å². The van der Waals surface area contributed by atoms with E-state index in [9.17, 15) is 8.42 Å². The molecule has 0 amide bonds. The van der Waals surface area contributed by atoms with E-state index in [1.165, 1.54) is 13.2 Å². The fraction of sp³-hybridized carbons (Fsp3) is 0.571. The summed E-state index contributed by atoms with van der Waals surface area (Å²) in [5.74, 6) is 0.286. The van der Waals surface area contributed by atoms with E-state index >= 15 is 0 Å². The van der Waals surface area contributed by atoms with Gasteiger partial charge >= 0.3 is 0 Å². The largest absolute Gasteiger partial charge is 0.495 e. The molecule has 1 aromatic rings. The molecule has 7 heteroatoms. The Morgan fingerprint density at radius 2 is 2.00 bits per heavy atom. The van der Waals surface area contributed by atoms with Crippen molar-refractivity contribution in [2.24, 2.45) is 0 Å². The second kappa shape index (κ2) is 5.82. The first-order valence-corrected chi connectivity index (χ1v) is 8.31. The van der Waals surface area contributed by atoms with E-state index in [1.807, 2.05) is 0 Å². The van der Waals surface area contributed by atoms with E-state index in [1.54, 1.807) is 20.1 Å². The lowest BCUT2D eigenvalue weighted by Gasteiger charge is -2.40. The molecular weight excluding hydrogens is 292 g/mol. The Morgan fingerprint density at radius 3 is 2.48 bits per heavy atom. The number of nitrogens with two attached hydrogens (primary N) is 1. The molecule has 0 bridgehead atoms. The summed E-state index contributed by atoms with van der Waals surface area (Å²) < 4.78 is 38.1. The molecule has 1 aliphatic carbocycles. The predicted molar refractivity (Wildman–Crippen MR) is 80.9 cm³/mol. The minimum absolute atomic E-state index is 0.0543. The highest BCUT2D eigenvalue weighted by atomic mass is 32.2. The van der Waals surface area contributed by atoms with Gasteiger partial charge in [0.25, 0.3) is 0 Å². The molecule has 21 heavy (non-hydrogen) atoms. The van der Waals surface area contributed by atoms with E-state index in [0.717, 1.165) is 24.8 Å². The molecule has 0 saturated heterocycles. The lowest BCUT2D eigenvalue weighted by atomic mass is 9.80. The summed E-state index contributed by atoms with van der Waals surface area (Å²) in [4.78, 5) is 0.0543. The van der Waals surface area contributed by atoms with Gasteiger partial charge in [0.1, 0.15) is 10.6 Å². The van der Waals surface area contributed by atoms with Gasteiger partial charge in [0.15, 0.2) is 0 Å². The van der Waals surface area contributed by atoms with Crippen LogP contribution in [0.5, 0.6) is 5.75 Å². The summed E-state index contributed by atoms with van der Waals surface area (Å²) in [6.45, 7) is 2.05. The quantitative estimate of drug-likeness (QED) is 0.775. The third kappa shape index (κ3) is 3.14. The van der Waals surface area contributed by atoms with Crippen LogP contribution in [0.25, 0.3) is 0 Å². The average molecular weight is 314 g/mol. The molecule has 0 aliphatic heterocycles. The zero-order chi connectivity index (χ0) is 15.7. The highest BCUT2D eigenvalue weighted by Gasteiger charge is 2.38. The van der Waals surface area contributed by atoms with Crippen molar-refractivity contribution in [3.63, 3.8) is 0 Å². The van der Waals surface area contributed by atoms with Crippen molar-refractivity contribution in [3.05, 3.63) is 17.7 Å². The Bertz CT molecular complexity index is 619. The van der Waals surface area contributed by atoms with Gasteiger partial charge in [0, 0.05) is 19.3 Å². The van der Waals surface area contributed by atoms with E-state index in [-0.39, 0.29) is 22.8 Å². The zero-order valence-corrected chi connectivity index (χ0v) is 13.4. The fourth-order valence-electron chi connectivity index (χ4n) is 2.38. The van der Waals surface area contributed by atoms with Crippen molar-refractivity contribution >= 4 is 15.7 Å². The minimum Gasteiger partial charge on any atom is -0.495 e. The number of nitrogen functional groups attached to an aromatic ring is 1. The molecule has 1 aliphatic rings. The van der Waals surface area contributed by atoms with Gasteiger partial charge in [0.05, 0.1) is 12.7 Å². The second-order valence-corrected chi connectivity index (χ2v) is 7.16. The molecule has 0 aromatic heterocycles. The molecule has 2 rings (SSSR count). The highest BCUT2D eigenvalue weighted by molar-refractivity contribution is 7.89. The van der Waals surface area contributed by atoms with Crippen LogP contribution in [-0.2, 0) is 14.8 Å². The molecule has 0 spiro atoms. The number of anilines is 1. The number of rotatable bonds is 6. The summed E-state index contributed by atoms with van der Waals surface area (Å²) in [6, 6.07) is 3.05. The maximum absolute atomic E-state index is 12.5. The Balaban J connectivity index is 2.25. The first-order valence-electron chi connectivity index (χ1n) is 6.82. The number of aryl methyl sites for hydroxylation is 1. The Morgan fingerprint density at radius 1 is 1.33 bits per heavy atom. The lowest BCUT2D eigenvalue weighted by molar-refractivity contribution is -0.0659. The summed E-state index contributed by atoms with van der Waals surface area (Å²) in [5, 5.41) is 0. The second-order valence-electron chi connectivity index (χ2n) is 5.42. The predicted octanol–water partition coefficient (Wildman–Crippen LogP) is 1.43. The molecule has 1 aromatic carbocycles. The summed E-state index contributed by atoms with van der Waals surface area (Å²) in [6.07, 6.45) is 2.77. The van der Waals surface area contributed by atoms with Gasteiger partial charge in [0.2, 0.25) is 10.0 Å². The molecule has 1 saturated carbocycles. The fourth-order valence-corrected chi connectivity index (χ4v) is 3.67. The van der Waals surface area contributed by atoms with Gasteiger partial charge in [-0.15, -0.1) is 0 Å².